The second-order valence-corrected chi connectivity index (χ2v) is 4.83. The fourth-order valence-corrected chi connectivity index (χ4v) is 2.13. The first-order valence-corrected chi connectivity index (χ1v) is 6.31. The maximum Gasteiger partial charge on any atom is 0.307 e. The lowest BCUT2D eigenvalue weighted by Crippen LogP contribution is -2.21. The first kappa shape index (κ1) is 14.0. The first-order valence-electron chi connectivity index (χ1n) is 6.31. The summed E-state index contributed by atoms with van der Waals surface area (Å²) >= 11 is 0. The van der Waals surface area contributed by atoms with Crippen molar-refractivity contribution in [3.63, 3.8) is 0 Å². The van der Waals surface area contributed by atoms with Gasteiger partial charge in [0.05, 0.1) is 11.8 Å². The number of carboxylic acids is 1. The van der Waals surface area contributed by atoms with Crippen LogP contribution in [-0.4, -0.2) is 29.9 Å². The van der Waals surface area contributed by atoms with E-state index in [2.05, 4.69) is 10.6 Å². The molecule has 2 amide bonds. The van der Waals surface area contributed by atoms with Crippen LogP contribution in [-0.2, 0) is 9.59 Å². The first-order chi connectivity index (χ1) is 9.45. The van der Waals surface area contributed by atoms with Gasteiger partial charge >= 0.3 is 5.97 Å². The van der Waals surface area contributed by atoms with E-state index in [0.29, 0.717) is 23.2 Å². The molecule has 0 unspecified atom stereocenters. The van der Waals surface area contributed by atoms with Gasteiger partial charge in [0.2, 0.25) is 5.91 Å². The Kier molecular flexibility index (Phi) is 3.74. The SMILES string of the molecule is CNC(=O)c1cccc(NC(=O)[C@@H]2C[C@@H]2C(=O)O)c1C. The molecule has 0 radical (unpaired) electrons. The van der Waals surface area contributed by atoms with Crippen LogP contribution in [0.5, 0.6) is 0 Å². The summed E-state index contributed by atoms with van der Waals surface area (Å²) in [6.45, 7) is 1.74. The van der Waals surface area contributed by atoms with Gasteiger partial charge < -0.3 is 15.7 Å². The number of nitrogens with one attached hydrogen (secondary N) is 2. The van der Waals surface area contributed by atoms with Crippen molar-refractivity contribution in [2.24, 2.45) is 11.8 Å². The van der Waals surface area contributed by atoms with Crippen molar-refractivity contribution in [2.75, 3.05) is 12.4 Å². The van der Waals surface area contributed by atoms with Crippen molar-refractivity contribution in [1.29, 1.82) is 0 Å². The second-order valence-electron chi connectivity index (χ2n) is 4.83. The fourth-order valence-electron chi connectivity index (χ4n) is 2.13. The van der Waals surface area contributed by atoms with Crippen molar-refractivity contribution in [2.45, 2.75) is 13.3 Å². The summed E-state index contributed by atoms with van der Waals surface area (Å²) in [6, 6.07) is 5.04. The normalized spacial score (nSPS) is 20.1. The average Bonchev–Trinajstić information content (AvgIpc) is 3.20. The largest absolute Gasteiger partial charge is 0.481 e. The van der Waals surface area contributed by atoms with Crippen molar-refractivity contribution in [3.05, 3.63) is 29.3 Å². The van der Waals surface area contributed by atoms with Crippen LogP contribution in [0.2, 0.25) is 0 Å². The van der Waals surface area contributed by atoms with Gasteiger partial charge in [-0.05, 0) is 31.0 Å². The molecule has 2 rings (SSSR count). The molecule has 0 spiro atoms. The zero-order chi connectivity index (χ0) is 14.9. The maximum absolute atomic E-state index is 11.9. The van der Waals surface area contributed by atoms with E-state index in [1.807, 2.05) is 0 Å². The molecule has 1 aromatic carbocycles. The highest BCUT2D eigenvalue weighted by molar-refractivity contribution is 6.01. The molecule has 106 valence electrons. The number of anilines is 1. The molecule has 6 nitrogen and oxygen atoms in total. The number of benzene rings is 1. The molecule has 1 aliphatic rings. The van der Waals surface area contributed by atoms with Crippen LogP contribution in [0, 0.1) is 18.8 Å². The zero-order valence-electron chi connectivity index (χ0n) is 11.3. The summed E-state index contributed by atoms with van der Waals surface area (Å²) in [5.41, 5.74) is 1.68. The second kappa shape index (κ2) is 5.32. The van der Waals surface area contributed by atoms with Crippen LogP contribution in [0.1, 0.15) is 22.3 Å². The highest BCUT2D eigenvalue weighted by Crippen LogP contribution is 2.39. The predicted octanol–water partition coefficient (Wildman–Crippen LogP) is 1.01. The summed E-state index contributed by atoms with van der Waals surface area (Å²) in [4.78, 5) is 34.3. The molecule has 1 aromatic rings. The molecule has 2 atom stereocenters. The Hall–Kier alpha value is -2.37. The minimum absolute atomic E-state index is 0.228. The van der Waals surface area contributed by atoms with Crippen molar-refractivity contribution >= 4 is 23.5 Å². The third-order valence-corrected chi connectivity index (χ3v) is 3.51. The summed E-state index contributed by atoms with van der Waals surface area (Å²) in [5.74, 6) is -2.54. The van der Waals surface area contributed by atoms with E-state index in [1.54, 1.807) is 25.1 Å². The quantitative estimate of drug-likeness (QED) is 0.765. The van der Waals surface area contributed by atoms with Crippen molar-refractivity contribution in [1.82, 2.24) is 5.32 Å². The standard InChI is InChI=1S/C14H16N2O4/c1-7-8(12(17)15-2)4-3-5-11(7)16-13(18)9-6-10(9)14(19)20/h3-5,9-10H,6H2,1-2H3,(H,15,17)(H,16,18)(H,19,20)/t9-,10+/m1/s1. The molecular weight excluding hydrogens is 260 g/mol. The summed E-state index contributed by atoms with van der Waals surface area (Å²) in [6.07, 6.45) is 0.370. The van der Waals surface area contributed by atoms with E-state index >= 15 is 0 Å². The van der Waals surface area contributed by atoms with Gasteiger partial charge in [-0.1, -0.05) is 6.07 Å². The number of hydrogen-bond donors (Lipinski definition) is 3. The molecule has 6 heteroatoms. The van der Waals surface area contributed by atoms with E-state index < -0.39 is 17.8 Å². The number of rotatable bonds is 4. The number of hydrogen-bond acceptors (Lipinski definition) is 3. The van der Waals surface area contributed by atoms with Gasteiger partial charge in [0.25, 0.3) is 5.91 Å². The van der Waals surface area contributed by atoms with Crippen LogP contribution in [0.15, 0.2) is 18.2 Å². The Labute approximate surface area is 116 Å². The van der Waals surface area contributed by atoms with Crippen LogP contribution < -0.4 is 10.6 Å². The van der Waals surface area contributed by atoms with E-state index in [0.717, 1.165) is 0 Å². The van der Waals surface area contributed by atoms with Gasteiger partial charge in [-0.25, -0.2) is 0 Å². The minimum atomic E-state index is -0.944. The molecular formula is C14H16N2O4. The summed E-state index contributed by atoms with van der Waals surface area (Å²) in [7, 11) is 1.54. The Bertz CT molecular complexity index is 583. The van der Waals surface area contributed by atoms with Gasteiger partial charge in [-0.3, -0.25) is 14.4 Å². The predicted molar refractivity (Wildman–Crippen MR) is 72.4 cm³/mol. The third-order valence-electron chi connectivity index (χ3n) is 3.51. The van der Waals surface area contributed by atoms with Crippen LogP contribution in [0.25, 0.3) is 0 Å². The van der Waals surface area contributed by atoms with E-state index in [9.17, 15) is 14.4 Å². The topological polar surface area (TPSA) is 95.5 Å². The number of carbonyl (C=O) groups is 3. The molecule has 0 heterocycles. The van der Waals surface area contributed by atoms with Gasteiger partial charge in [-0.2, -0.15) is 0 Å². The summed E-state index contributed by atoms with van der Waals surface area (Å²) < 4.78 is 0. The van der Waals surface area contributed by atoms with Gasteiger partial charge in [0.1, 0.15) is 0 Å². The third kappa shape index (κ3) is 2.64. The highest BCUT2D eigenvalue weighted by Gasteiger charge is 2.48. The monoisotopic (exact) mass is 276 g/mol. The van der Waals surface area contributed by atoms with E-state index in [-0.39, 0.29) is 11.8 Å². The van der Waals surface area contributed by atoms with Crippen LogP contribution >= 0.6 is 0 Å². The number of carbonyl (C=O) groups excluding carboxylic acids is 2. The Morgan fingerprint density at radius 1 is 1.25 bits per heavy atom. The van der Waals surface area contributed by atoms with Crippen LogP contribution in [0.3, 0.4) is 0 Å². The number of aliphatic carboxylic acids is 1. The lowest BCUT2D eigenvalue weighted by Gasteiger charge is -2.11. The Balaban J connectivity index is 2.13. The van der Waals surface area contributed by atoms with E-state index in [1.165, 1.54) is 7.05 Å². The lowest BCUT2D eigenvalue weighted by atomic mass is 10.1. The van der Waals surface area contributed by atoms with Gasteiger partial charge in [0, 0.05) is 18.3 Å². The van der Waals surface area contributed by atoms with Crippen LogP contribution in [0.4, 0.5) is 5.69 Å². The van der Waals surface area contributed by atoms with Crippen molar-refractivity contribution < 1.29 is 19.5 Å². The number of amides is 2. The minimum Gasteiger partial charge on any atom is -0.481 e. The van der Waals surface area contributed by atoms with Crippen molar-refractivity contribution in [3.8, 4) is 0 Å². The molecule has 0 aliphatic heterocycles. The average molecular weight is 276 g/mol. The molecule has 1 aliphatic carbocycles. The smallest absolute Gasteiger partial charge is 0.307 e. The van der Waals surface area contributed by atoms with Gasteiger partial charge in [0.15, 0.2) is 0 Å². The molecule has 20 heavy (non-hydrogen) atoms. The Morgan fingerprint density at radius 2 is 1.95 bits per heavy atom. The molecule has 0 bridgehead atoms. The number of carboxylic acid groups (broad SMARTS) is 1. The van der Waals surface area contributed by atoms with Gasteiger partial charge in [-0.15, -0.1) is 0 Å². The fraction of sp³-hybridized carbons (Fsp3) is 0.357. The van der Waals surface area contributed by atoms with E-state index in [4.69, 9.17) is 5.11 Å². The maximum atomic E-state index is 11.9. The molecule has 1 saturated carbocycles. The highest BCUT2D eigenvalue weighted by atomic mass is 16.4. The summed E-state index contributed by atoms with van der Waals surface area (Å²) in [5, 5.41) is 14.0. The Morgan fingerprint density at radius 3 is 2.50 bits per heavy atom. The lowest BCUT2D eigenvalue weighted by molar-refractivity contribution is -0.139. The molecule has 0 aromatic heterocycles. The molecule has 3 N–H and O–H groups in total. The zero-order valence-corrected chi connectivity index (χ0v) is 11.3. The molecule has 0 saturated heterocycles. The molecule has 1 fully saturated rings.